The molecule has 9 heteroatoms. The van der Waals surface area contributed by atoms with Crippen molar-refractivity contribution in [1.82, 2.24) is 0 Å². The molecular formula is C32H68NO7P. The molecule has 2 atom stereocenters. The van der Waals surface area contributed by atoms with Crippen LogP contribution in [0.4, 0.5) is 0 Å². The highest BCUT2D eigenvalue weighted by Gasteiger charge is 2.17. The van der Waals surface area contributed by atoms with Crippen molar-refractivity contribution >= 4 is 7.82 Å². The van der Waals surface area contributed by atoms with Crippen molar-refractivity contribution in [3.05, 3.63) is 0 Å². The maximum absolute atomic E-state index is 11.8. The van der Waals surface area contributed by atoms with E-state index in [9.17, 15) is 9.46 Å². The van der Waals surface area contributed by atoms with E-state index in [0.717, 1.165) is 12.8 Å². The number of phosphoric ester groups is 1. The number of ether oxygens (including phenoxy) is 1. The first-order chi connectivity index (χ1) is 19.7. The lowest BCUT2D eigenvalue weighted by atomic mass is 10.0. The van der Waals surface area contributed by atoms with Crippen LogP contribution in [0, 0.1) is 0 Å². The van der Waals surface area contributed by atoms with Gasteiger partial charge in [0.25, 0.3) is 7.82 Å². The quantitative estimate of drug-likeness (QED) is 0.0261. The predicted molar refractivity (Wildman–Crippen MR) is 168 cm³/mol. The fraction of sp³-hybridized carbons (Fsp3) is 1.00. The highest BCUT2D eigenvalue weighted by Crippen LogP contribution is 2.38. The first-order valence-corrected chi connectivity index (χ1v) is 18.4. The van der Waals surface area contributed by atoms with Crippen molar-refractivity contribution in [2.75, 3.05) is 54.1 Å². The first-order valence-electron chi connectivity index (χ1n) is 17.0. The van der Waals surface area contributed by atoms with Crippen LogP contribution in [0.5, 0.6) is 0 Å². The average Bonchev–Trinajstić information content (AvgIpc) is 2.91. The summed E-state index contributed by atoms with van der Waals surface area (Å²) < 4.78 is 27.6. The van der Waals surface area contributed by atoms with Crippen molar-refractivity contribution in [1.29, 1.82) is 0 Å². The minimum absolute atomic E-state index is 0.0327. The van der Waals surface area contributed by atoms with Crippen LogP contribution in [0.3, 0.4) is 0 Å². The molecule has 0 aromatic heterocycles. The molecule has 1 N–H and O–H groups in total. The van der Waals surface area contributed by atoms with Gasteiger partial charge in [0.05, 0.1) is 34.4 Å². The van der Waals surface area contributed by atoms with Crippen LogP contribution in [0.25, 0.3) is 0 Å². The van der Waals surface area contributed by atoms with Gasteiger partial charge in [0.1, 0.15) is 19.3 Å². The zero-order valence-corrected chi connectivity index (χ0v) is 28.4. The summed E-state index contributed by atoms with van der Waals surface area (Å²) in [6.45, 7) is 3.11. The van der Waals surface area contributed by atoms with Crippen LogP contribution < -0.4 is 4.89 Å². The Morgan fingerprint density at radius 2 is 1.00 bits per heavy atom. The van der Waals surface area contributed by atoms with Crippen molar-refractivity contribution in [2.24, 2.45) is 0 Å². The van der Waals surface area contributed by atoms with Gasteiger partial charge in [0.15, 0.2) is 0 Å². The van der Waals surface area contributed by atoms with Crippen LogP contribution in [0.15, 0.2) is 0 Å². The van der Waals surface area contributed by atoms with E-state index in [2.05, 4.69) is 11.8 Å². The SMILES string of the molecule is CCCCCCCCCCCCCCCCCCCCCCCCOC[C@H](COP(=O)([O-])OCC[N+](C)(C)C)OO. The fourth-order valence-electron chi connectivity index (χ4n) is 4.77. The highest BCUT2D eigenvalue weighted by atomic mass is 31.2. The molecule has 0 heterocycles. The topological polar surface area (TPSA) is 97.3 Å². The molecule has 0 aliphatic heterocycles. The van der Waals surface area contributed by atoms with Gasteiger partial charge in [0.2, 0.25) is 0 Å². The molecule has 0 aliphatic carbocycles. The van der Waals surface area contributed by atoms with E-state index in [1.54, 1.807) is 0 Å². The van der Waals surface area contributed by atoms with Crippen LogP contribution in [-0.2, 0) is 23.2 Å². The number of hydrogen-bond acceptors (Lipinski definition) is 7. The molecule has 0 rings (SSSR count). The molecule has 0 aromatic rings. The molecule has 248 valence electrons. The molecule has 0 saturated carbocycles. The van der Waals surface area contributed by atoms with Crippen molar-refractivity contribution in [2.45, 2.75) is 154 Å². The maximum Gasteiger partial charge on any atom is 0.268 e. The van der Waals surface area contributed by atoms with E-state index in [4.69, 9.17) is 19.0 Å². The molecule has 0 spiro atoms. The van der Waals surface area contributed by atoms with Crippen LogP contribution in [0.2, 0.25) is 0 Å². The molecular weight excluding hydrogens is 541 g/mol. The van der Waals surface area contributed by atoms with E-state index in [-0.39, 0.29) is 19.8 Å². The summed E-state index contributed by atoms with van der Waals surface area (Å²) in [4.78, 5) is 16.1. The molecule has 0 saturated heterocycles. The third kappa shape index (κ3) is 32.7. The normalized spacial score (nSPS) is 14.4. The van der Waals surface area contributed by atoms with Gasteiger partial charge in [-0.3, -0.25) is 9.82 Å². The monoisotopic (exact) mass is 609 g/mol. The molecule has 0 amide bonds. The Hall–Kier alpha value is -0.0500. The Morgan fingerprint density at radius 1 is 0.610 bits per heavy atom. The maximum atomic E-state index is 11.8. The minimum atomic E-state index is -4.44. The number of quaternary nitrogens is 1. The summed E-state index contributed by atoms with van der Waals surface area (Å²) in [5.41, 5.74) is 0. The second-order valence-electron chi connectivity index (χ2n) is 12.8. The summed E-state index contributed by atoms with van der Waals surface area (Å²) in [5.74, 6) is 0. The number of nitrogens with zero attached hydrogens (tertiary/aromatic N) is 1. The van der Waals surface area contributed by atoms with Crippen molar-refractivity contribution in [3.8, 4) is 0 Å². The van der Waals surface area contributed by atoms with Crippen LogP contribution >= 0.6 is 7.82 Å². The molecule has 41 heavy (non-hydrogen) atoms. The lowest BCUT2D eigenvalue weighted by Gasteiger charge is -2.27. The van der Waals surface area contributed by atoms with Gasteiger partial charge < -0.3 is 23.2 Å². The lowest BCUT2D eigenvalue weighted by molar-refractivity contribution is -0.870. The highest BCUT2D eigenvalue weighted by molar-refractivity contribution is 7.45. The Morgan fingerprint density at radius 3 is 1.37 bits per heavy atom. The fourth-order valence-corrected chi connectivity index (χ4v) is 5.50. The number of hydrogen-bond donors (Lipinski definition) is 1. The second kappa shape index (κ2) is 28.7. The van der Waals surface area contributed by atoms with Crippen molar-refractivity contribution in [3.63, 3.8) is 0 Å². The first kappa shape index (κ1) is 41.0. The molecule has 0 bridgehead atoms. The third-order valence-corrected chi connectivity index (χ3v) is 8.49. The van der Waals surface area contributed by atoms with Gasteiger partial charge >= 0.3 is 0 Å². The van der Waals surface area contributed by atoms with E-state index in [1.165, 1.54) is 128 Å². The van der Waals surface area contributed by atoms with Gasteiger partial charge in [-0.25, -0.2) is 4.89 Å². The van der Waals surface area contributed by atoms with Gasteiger partial charge in [-0.2, -0.15) is 0 Å². The number of unbranched alkanes of at least 4 members (excludes halogenated alkanes) is 21. The number of phosphoric acid groups is 1. The van der Waals surface area contributed by atoms with Gasteiger partial charge in [-0.05, 0) is 6.42 Å². The molecule has 0 fully saturated rings. The van der Waals surface area contributed by atoms with Gasteiger partial charge in [0, 0.05) is 6.61 Å². The number of rotatable bonds is 33. The molecule has 0 radical (unpaired) electrons. The Labute approximate surface area is 254 Å². The predicted octanol–water partition coefficient (Wildman–Crippen LogP) is 8.67. The van der Waals surface area contributed by atoms with Crippen LogP contribution in [-0.4, -0.2) is 70.0 Å². The van der Waals surface area contributed by atoms with E-state index < -0.39 is 13.9 Å². The van der Waals surface area contributed by atoms with E-state index in [0.29, 0.717) is 17.6 Å². The molecule has 0 aliphatic rings. The van der Waals surface area contributed by atoms with E-state index >= 15 is 0 Å². The summed E-state index contributed by atoms with van der Waals surface area (Å²) in [7, 11) is 1.38. The summed E-state index contributed by atoms with van der Waals surface area (Å²) in [5, 5.41) is 8.99. The standard InChI is InChI=1S/C32H68NO7P/c1-5-6-7-8-9-10-11-12-13-14-15-16-17-18-19-20-21-22-23-24-25-26-28-37-30-32(40-34)31-39-41(35,36)38-29-27-33(2,3)4/h32H,5-31H2,1-4H3,(H-,34,35,36)/t32-/m1/s1. The van der Waals surface area contributed by atoms with Gasteiger partial charge in [-0.1, -0.05) is 142 Å². The Balaban J connectivity index is 3.38. The average molecular weight is 610 g/mol. The zero-order valence-electron chi connectivity index (χ0n) is 27.5. The lowest BCUT2D eigenvalue weighted by Crippen LogP contribution is -2.37. The van der Waals surface area contributed by atoms with Crippen molar-refractivity contribution < 1.29 is 37.9 Å². The molecule has 8 nitrogen and oxygen atoms in total. The summed E-state index contributed by atoms with van der Waals surface area (Å²) in [6.07, 6.45) is 29.0. The smallest absolute Gasteiger partial charge is 0.268 e. The number of likely N-dealkylation sites (N-methyl/N-ethyl adjacent to an activating group) is 1. The van der Waals surface area contributed by atoms with Crippen LogP contribution in [0.1, 0.15) is 148 Å². The Bertz CT molecular complexity index is 589. The zero-order chi connectivity index (χ0) is 30.5. The molecule has 1 unspecified atom stereocenters. The van der Waals surface area contributed by atoms with E-state index in [1.807, 2.05) is 21.1 Å². The van der Waals surface area contributed by atoms with Gasteiger partial charge in [-0.15, -0.1) is 0 Å². The third-order valence-electron chi connectivity index (χ3n) is 7.53. The summed E-state index contributed by atoms with van der Waals surface area (Å²) >= 11 is 0. The molecule has 0 aromatic carbocycles. The largest absolute Gasteiger partial charge is 0.756 e. The minimum Gasteiger partial charge on any atom is -0.756 e. The summed E-state index contributed by atoms with van der Waals surface area (Å²) in [6, 6.07) is 0. The Kier molecular flexibility index (Phi) is 28.7. The second-order valence-corrected chi connectivity index (χ2v) is 14.2.